The number of amides is 2. The van der Waals surface area contributed by atoms with Crippen LogP contribution in [0.25, 0.3) is 0 Å². The maximum atomic E-state index is 11.6. The van der Waals surface area contributed by atoms with E-state index in [0.29, 0.717) is 12.5 Å². The number of hydrogen-bond acceptors (Lipinski definition) is 3. The van der Waals surface area contributed by atoms with Crippen molar-refractivity contribution in [2.45, 2.75) is 25.7 Å². The summed E-state index contributed by atoms with van der Waals surface area (Å²) in [5.41, 5.74) is 0. The minimum Gasteiger partial charge on any atom is -0.480 e. The summed E-state index contributed by atoms with van der Waals surface area (Å²) in [6.07, 6.45) is 4.43. The van der Waals surface area contributed by atoms with E-state index in [1.54, 1.807) is 0 Å². The molecule has 7 heteroatoms. The van der Waals surface area contributed by atoms with Crippen LogP contribution in [-0.2, 0) is 9.59 Å². The van der Waals surface area contributed by atoms with Crippen molar-refractivity contribution in [3.8, 4) is 0 Å². The summed E-state index contributed by atoms with van der Waals surface area (Å²) in [4.78, 5) is 33.4. The lowest BCUT2D eigenvalue weighted by Crippen LogP contribution is -2.45. The van der Waals surface area contributed by atoms with Gasteiger partial charge in [0.15, 0.2) is 0 Å². The first-order valence-corrected chi connectivity index (χ1v) is 5.95. The standard InChI is InChI=1S/C11H18N2O5/c14-9(15)6-13(7-10(16)17)11(18)12-5-4-8-2-1-3-8/h8H,1-7H2,(H,12,18)(H,14,15)(H,16,17). The molecule has 2 amide bonds. The highest BCUT2D eigenvalue weighted by Crippen LogP contribution is 2.28. The lowest BCUT2D eigenvalue weighted by Gasteiger charge is -2.26. The number of nitrogens with one attached hydrogen (secondary N) is 1. The van der Waals surface area contributed by atoms with Crippen LogP contribution in [-0.4, -0.2) is 52.7 Å². The molecule has 1 aliphatic rings. The normalized spacial score (nSPS) is 14.7. The average Bonchev–Trinajstić information content (AvgIpc) is 2.19. The Morgan fingerprint density at radius 2 is 1.67 bits per heavy atom. The number of nitrogens with zero attached hydrogens (tertiary/aromatic N) is 1. The molecule has 0 heterocycles. The van der Waals surface area contributed by atoms with Crippen molar-refractivity contribution in [2.75, 3.05) is 19.6 Å². The Bertz CT molecular complexity index is 311. The molecule has 1 rings (SSSR count). The van der Waals surface area contributed by atoms with Crippen LogP contribution in [0.15, 0.2) is 0 Å². The first-order chi connectivity index (χ1) is 8.49. The Balaban J connectivity index is 2.31. The van der Waals surface area contributed by atoms with E-state index < -0.39 is 31.1 Å². The molecule has 0 aromatic heterocycles. The number of urea groups is 1. The first kappa shape index (κ1) is 14.3. The van der Waals surface area contributed by atoms with Crippen LogP contribution < -0.4 is 5.32 Å². The van der Waals surface area contributed by atoms with Gasteiger partial charge in [0.1, 0.15) is 13.1 Å². The molecule has 0 radical (unpaired) electrons. The van der Waals surface area contributed by atoms with Crippen LogP contribution in [0, 0.1) is 5.92 Å². The topological polar surface area (TPSA) is 107 Å². The summed E-state index contributed by atoms with van der Waals surface area (Å²) in [6, 6.07) is -0.640. The van der Waals surface area contributed by atoms with Gasteiger partial charge in [-0.25, -0.2) is 4.79 Å². The van der Waals surface area contributed by atoms with Crippen molar-refractivity contribution in [1.29, 1.82) is 0 Å². The van der Waals surface area contributed by atoms with Crippen molar-refractivity contribution in [2.24, 2.45) is 5.92 Å². The molecular formula is C11H18N2O5. The number of aliphatic carboxylic acids is 2. The van der Waals surface area contributed by atoms with Gasteiger partial charge in [-0.3, -0.25) is 9.59 Å². The van der Waals surface area contributed by atoms with E-state index in [1.807, 2.05) is 0 Å². The van der Waals surface area contributed by atoms with Crippen LogP contribution in [0.2, 0.25) is 0 Å². The molecular weight excluding hydrogens is 240 g/mol. The molecule has 0 atom stereocenters. The number of carboxylic acid groups (broad SMARTS) is 2. The number of hydrogen-bond donors (Lipinski definition) is 3. The molecule has 0 aliphatic heterocycles. The van der Waals surface area contributed by atoms with Crippen molar-refractivity contribution in [3.63, 3.8) is 0 Å². The Hall–Kier alpha value is -1.79. The molecule has 1 saturated carbocycles. The van der Waals surface area contributed by atoms with Crippen LogP contribution in [0.5, 0.6) is 0 Å². The van der Waals surface area contributed by atoms with Crippen LogP contribution in [0.1, 0.15) is 25.7 Å². The van der Waals surface area contributed by atoms with Gasteiger partial charge in [-0.05, 0) is 12.3 Å². The van der Waals surface area contributed by atoms with E-state index in [-0.39, 0.29) is 0 Å². The molecule has 1 fully saturated rings. The SMILES string of the molecule is O=C(O)CN(CC(=O)O)C(=O)NCCC1CCC1. The molecule has 102 valence electrons. The Labute approximate surface area is 105 Å². The predicted molar refractivity (Wildman–Crippen MR) is 62.2 cm³/mol. The predicted octanol–water partition coefficient (Wildman–Crippen LogP) is 0.357. The Morgan fingerprint density at radius 3 is 2.06 bits per heavy atom. The number of carboxylic acids is 2. The zero-order chi connectivity index (χ0) is 13.5. The van der Waals surface area contributed by atoms with Gasteiger partial charge in [-0.1, -0.05) is 19.3 Å². The number of rotatable bonds is 7. The Morgan fingerprint density at radius 1 is 1.11 bits per heavy atom. The third-order valence-electron chi connectivity index (χ3n) is 2.99. The molecule has 18 heavy (non-hydrogen) atoms. The third-order valence-corrected chi connectivity index (χ3v) is 2.99. The zero-order valence-electron chi connectivity index (χ0n) is 10.1. The quantitative estimate of drug-likeness (QED) is 0.611. The molecule has 7 nitrogen and oxygen atoms in total. The molecule has 0 aromatic rings. The van der Waals surface area contributed by atoms with E-state index >= 15 is 0 Å². The van der Waals surface area contributed by atoms with Crippen molar-refractivity contribution in [3.05, 3.63) is 0 Å². The summed E-state index contributed by atoms with van der Waals surface area (Å²) in [6.45, 7) is -0.762. The van der Waals surface area contributed by atoms with Gasteiger partial charge in [0, 0.05) is 6.54 Å². The smallest absolute Gasteiger partial charge is 0.323 e. The average molecular weight is 258 g/mol. The van der Waals surface area contributed by atoms with Crippen LogP contribution in [0.3, 0.4) is 0 Å². The summed E-state index contributed by atoms with van der Waals surface area (Å²) in [5.74, 6) is -1.83. The summed E-state index contributed by atoms with van der Waals surface area (Å²) in [5, 5.41) is 19.7. The van der Waals surface area contributed by atoms with Crippen LogP contribution >= 0.6 is 0 Å². The first-order valence-electron chi connectivity index (χ1n) is 5.95. The minimum absolute atomic E-state index is 0.458. The van der Waals surface area contributed by atoms with E-state index in [1.165, 1.54) is 19.3 Å². The zero-order valence-corrected chi connectivity index (χ0v) is 10.1. The van der Waals surface area contributed by atoms with Gasteiger partial charge in [-0.2, -0.15) is 0 Å². The Kier molecular flexibility index (Phi) is 5.41. The summed E-state index contributed by atoms with van der Waals surface area (Å²) >= 11 is 0. The monoisotopic (exact) mass is 258 g/mol. The molecule has 1 aliphatic carbocycles. The van der Waals surface area contributed by atoms with E-state index in [2.05, 4.69) is 5.32 Å². The second-order valence-electron chi connectivity index (χ2n) is 4.46. The van der Waals surface area contributed by atoms with Crippen LogP contribution in [0.4, 0.5) is 4.79 Å². The van der Waals surface area contributed by atoms with E-state index in [4.69, 9.17) is 10.2 Å². The molecule has 0 aromatic carbocycles. The number of carbonyl (C=O) groups is 3. The molecule has 0 unspecified atom stereocenters. The van der Waals surface area contributed by atoms with E-state index in [0.717, 1.165) is 11.3 Å². The lowest BCUT2D eigenvalue weighted by molar-refractivity contribution is -0.140. The minimum atomic E-state index is -1.23. The van der Waals surface area contributed by atoms with Gasteiger partial charge in [-0.15, -0.1) is 0 Å². The second-order valence-corrected chi connectivity index (χ2v) is 4.46. The largest absolute Gasteiger partial charge is 0.480 e. The van der Waals surface area contributed by atoms with Crippen molar-refractivity contribution < 1.29 is 24.6 Å². The fourth-order valence-electron chi connectivity index (χ4n) is 1.80. The molecule has 0 saturated heterocycles. The highest BCUT2D eigenvalue weighted by atomic mass is 16.4. The van der Waals surface area contributed by atoms with E-state index in [9.17, 15) is 14.4 Å². The molecule has 3 N–H and O–H groups in total. The van der Waals surface area contributed by atoms with Gasteiger partial charge < -0.3 is 20.4 Å². The fraction of sp³-hybridized carbons (Fsp3) is 0.727. The van der Waals surface area contributed by atoms with Gasteiger partial charge >= 0.3 is 18.0 Å². The third kappa shape index (κ3) is 5.03. The molecule has 0 bridgehead atoms. The molecule has 0 spiro atoms. The summed E-state index contributed by atoms with van der Waals surface area (Å²) in [7, 11) is 0. The van der Waals surface area contributed by atoms with Crippen molar-refractivity contribution in [1.82, 2.24) is 10.2 Å². The number of carbonyl (C=O) groups excluding carboxylic acids is 1. The maximum absolute atomic E-state index is 11.6. The highest BCUT2D eigenvalue weighted by Gasteiger charge is 2.21. The van der Waals surface area contributed by atoms with Crippen molar-refractivity contribution >= 4 is 18.0 Å². The lowest BCUT2D eigenvalue weighted by atomic mass is 9.83. The van der Waals surface area contributed by atoms with Gasteiger partial charge in [0.25, 0.3) is 0 Å². The maximum Gasteiger partial charge on any atom is 0.323 e. The highest BCUT2D eigenvalue weighted by molar-refractivity contribution is 5.84. The fourth-order valence-corrected chi connectivity index (χ4v) is 1.80. The second kappa shape index (κ2) is 6.83. The van der Waals surface area contributed by atoms with Gasteiger partial charge in [0.2, 0.25) is 0 Å². The summed E-state index contributed by atoms with van der Waals surface area (Å²) < 4.78 is 0. The van der Waals surface area contributed by atoms with Gasteiger partial charge in [0.05, 0.1) is 0 Å².